The Morgan fingerprint density at radius 3 is 2.45 bits per heavy atom. The molecule has 1 fully saturated rings. The fraction of sp³-hybridized carbons (Fsp3) is 0.368. The van der Waals surface area contributed by atoms with Crippen LogP contribution in [0.4, 0.5) is 5.95 Å². The van der Waals surface area contributed by atoms with Crippen LogP contribution in [0.25, 0.3) is 0 Å². The fourth-order valence-corrected chi connectivity index (χ4v) is 3.23. The normalized spacial score (nSPS) is 18.2. The Hall–Kier alpha value is -2.60. The lowest BCUT2D eigenvalue weighted by Crippen LogP contribution is -2.54. The Morgan fingerprint density at radius 1 is 1.31 bits per heavy atom. The lowest BCUT2D eigenvalue weighted by molar-refractivity contribution is -0.139. The molecule has 1 aliphatic heterocycles. The Labute approximate surface area is 179 Å². The number of piperazine rings is 1. The van der Waals surface area contributed by atoms with Gasteiger partial charge in [-0.15, -0.1) is 0 Å². The van der Waals surface area contributed by atoms with Gasteiger partial charge in [0.25, 0.3) is 0 Å². The zero-order valence-electron chi connectivity index (χ0n) is 16.0. The Balaban J connectivity index is 0.000000212. The second-order valence-electron chi connectivity index (χ2n) is 6.51. The number of aromatic nitrogens is 2. The van der Waals surface area contributed by atoms with Crippen molar-refractivity contribution >= 4 is 35.1 Å². The number of rotatable bonds is 4. The molecule has 1 saturated heterocycles. The summed E-state index contributed by atoms with van der Waals surface area (Å²) < 4.78 is 4.86. The van der Waals surface area contributed by atoms with Crippen LogP contribution in [0.1, 0.15) is 19.4 Å². The van der Waals surface area contributed by atoms with E-state index in [0.29, 0.717) is 39.4 Å². The Kier molecular flexibility index (Phi) is 8.46. The maximum Gasteiger partial charge on any atom is 0.341 e. The highest BCUT2D eigenvalue weighted by molar-refractivity contribution is 6.35. The average molecular weight is 438 g/mol. The van der Waals surface area contributed by atoms with Crippen molar-refractivity contribution in [3.63, 3.8) is 0 Å². The number of ether oxygens (including phenoxy) is 1. The quantitative estimate of drug-likeness (QED) is 0.750. The van der Waals surface area contributed by atoms with Crippen molar-refractivity contribution in [3.8, 4) is 11.8 Å². The minimum absolute atomic E-state index is 0.300. The summed E-state index contributed by atoms with van der Waals surface area (Å²) in [7, 11) is 0. The number of benzene rings is 1. The lowest BCUT2D eigenvalue weighted by Gasteiger charge is -2.36. The number of nitrogens with one attached hydrogen (secondary N) is 1. The summed E-state index contributed by atoms with van der Waals surface area (Å²) in [6.45, 7) is 5.67. The van der Waals surface area contributed by atoms with E-state index < -0.39 is 12.6 Å². The minimum atomic E-state index is -1.05. The van der Waals surface area contributed by atoms with Gasteiger partial charge in [-0.25, -0.2) is 14.8 Å². The summed E-state index contributed by atoms with van der Waals surface area (Å²) in [5.74, 6) is -0.0290. The molecule has 154 valence electrons. The maximum absolute atomic E-state index is 10.2. The lowest BCUT2D eigenvalue weighted by atomic mass is 10.1. The van der Waals surface area contributed by atoms with Crippen molar-refractivity contribution in [2.75, 3.05) is 24.6 Å². The van der Waals surface area contributed by atoms with Crippen molar-refractivity contribution in [1.82, 2.24) is 15.3 Å². The Morgan fingerprint density at radius 2 is 1.93 bits per heavy atom. The van der Waals surface area contributed by atoms with Gasteiger partial charge in [0.2, 0.25) is 5.95 Å². The maximum atomic E-state index is 10.2. The summed E-state index contributed by atoms with van der Waals surface area (Å²) in [6.07, 6.45) is 3.14. The average Bonchev–Trinajstić information content (AvgIpc) is 2.67. The molecule has 8 nitrogen and oxygen atoms in total. The van der Waals surface area contributed by atoms with Crippen LogP contribution in [-0.4, -0.2) is 52.8 Å². The number of carboxylic acid groups (broad SMARTS) is 1. The second-order valence-corrected chi connectivity index (χ2v) is 7.36. The number of nitriles is 1. The van der Waals surface area contributed by atoms with Crippen LogP contribution in [0.5, 0.6) is 5.75 Å². The smallest absolute Gasteiger partial charge is 0.341 e. The van der Waals surface area contributed by atoms with Gasteiger partial charge in [0.05, 0.1) is 23.0 Å². The van der Waals surface area contributed by atoms with Crippen LogP contribution in [-0.2, 0) is 4.79 Å². The van der Waals surface area contributed by atoms with Gasteiger partial charge in [-0.3, -0.25) is 0 Å². The first kappa shape index (κ1) is 22.7. The molecule has 1 aliphatic rings. The summed E-state index contributed by atoms with van der Waals surface area (Å²) >= 11 is 11.3. The van der Waals surface area contributed by atoms with E-state index in [-0.39, 0.29) is 0 Å². The molecule has 0 unspecified atom stereocenters. The molecule has 2 atom stereocenters. The molecular formula is C19H21Cl2N5O3. The molecule has 0 amide bonds. The van der Waals surface area contributed by atoms with Crippen LogP contribution in [0.2, 0.25) is 10.0 Å². The number of carbonyl (C=O) groups is 1. The molecule has 2 heterocycles. The number of carboxylic acids is 1. The molecule has 0 spiro atoms. The van der Waals surface area contributed by atoms with E-state index in [4.69, 9.17) is 38.3 Å². The molecule has 10 heteroatoms. The third-order valence-electron chi connectivity index (χ3n) is 3.85. The van der Waals surface area contributed by atoms with Crippen molar-refractivity contribution in [2.45, 2.75) is 25.9 Å². The van der Waals surface area contributed by atoms with E-state index in [2.05, 4.69) is 34.0 Å². The summed E-state index contributed by atoms with van der Waals surface area (Å²) in [5, 5.41) is 21.2. The van der Waals surface area contributed by atoms with Crippen molar-refractivity contribution in [3.05, 3.63) is 46.2 Å². The first-order valence-electron chi connectivity index (χ1n) is 8.81. The number of nitrogens with zero attached hydrogens (tertiary/aromatic N) is 4. The molecule has 0 saturated carbocycles. The molecule has 1 aromatic carbocycles. The molecular weight excluding hydrogens is 417 g/mol. The Bertz CT molecular complexity index is 863. The molecule has 0 aliphatic carbocycles. The first-order chi connectivity index (χ1) is 13.8. The highest BCUT2D eigenvalue weighted by atomic mass is 35.5. The topological polar surface area (TPSA) is 111 Å². The zero-order valence-corrected chi connectivity index (χ0v) is 17.5. The zero-order chi connectivity index (χ0) is 21.4. The van der Waals surface area contributed by atoms with Gasteiger partial charge in [0, 0.05) is 30.2 Å². The van der Waals surface area contributed by atoms with E-state index in [1.54, 1.807) is 18.5 Å². The van der Waals surface area contributed by atoms with Crippen LogP contribution in [0.3, 0.4) is 0 Å². The molecule has 29 heavy (non-hydrogen) atoms. The largest absolute Gasteiger partial charge is 0.480 e. The SMILES string of the molecule is C[C@H]1CN(c2ncc(C#N)cn2)C[C@H](C)N1.O=C(O)COc1ccc(Cl)cc1Cl. The summed E-state index contributed by atoms with van der Waals surface area (Å²) in [5.41, 5.74) is 0.500. The van der Waals surface area contributed by atoms with E-state index in [1.165, 1.54) is 12.1 Å². The van der Waals surface area contributed by atoms with Crippen molar-refractivity contribution < 1.29 is 14.6 Å². The van der Waals surface area contributed by atoms with Gasteiger partial charge in [-0.05, 0) is 32.0 Å². The van der Waals surface area contributed by atoms with E-state index in [9.17, 15) is 4.79 Å². The van der Waals surface area contributed by atoms with Crippen molar-refractivity contribution in [1.29, 1.82) is 5.26 Å². The van der Waals surface area contributed by atoms with Gasteiger partial charge in [0.15, 0.2) is 6.61 Å². The van der Waals surface area contributed by atoms with Gasteiger partial charge in [-0.1, -0.05) is 23.2 Å². The number of hydrogen-bond acceptors (Lipinski definition) is 7. The van der Waals surface area contributed by atoms with Gasteiger partial charge in [-0.2, -0.15) is 5.26 Å². The van der Waals surface area contributed by atoms with E-state index in [0.717, 1.165) is 13.1 Å². The monoisotopic (exact) mass is 437 g/mol. The van der Waals surface area contributed by atoms with Crippen molar-refractivity contribution in [2.24, 2.45) is 0 Å². The van der Waals surface area contributed by atoms with Gasteiger partial charge < -0.3 is 20.1 Å². The predicted molar refractivity (Wildman–Crippen MR) is 111 cm³/mol. The fourth-order valence-electron chi connectivity index (χ4n) is 2.76. The minimum Gasteiger partial charge on any atom is -0.480 e. The number of halogens is 2. The van der Waals surface area contributed by atoms with Crippen LogP contribution in [0, 0.1) is 11.3 Å². The van der Waals surface area contributed by atoms with Gasteiger partial charge in [0.1, 0.15) is 11.8 Å². The van der Waals surface area contributed by atoms with Gasteiger partial charge >= 0.3 is 5.97 Å². The summed E-state index contributed by atoms with van der Waals surface area (Å²) in [6, 6.07) is 7.47. The van der Waals surface area contributed by atoms with Crippen LogP contribution in [0.15, 0.2) is 30.6 Å². The molecule has 0 radical (unpaired) electrons. The number of hydrogen-bond donors (Lipinski definition) is 2. The van der Waals surface area contributed by atoms with Crippen LogP contribution >= 0.6 is 23.2 Å². The molecule has 0 bridgehead atoms. The third-order valence-corrected chi connectivity index (χ3v) is 4.38. The third kappa shape index (κ3) is 7.38. The molecule has 3 rings (SSSR count). The predicted octanol–water partition coefficient (Wildman–Crippen LogP) is 2.99. The molecule has 2 aromatic rings. The highest BCUT2D eigenvalue weighted by Gasteiger charge is 2.22. The van der Waals surface area contributed by atoms with E-state index >= 15 is 0 Å². The molecule has 1 aromatic heterocycles. The standard InChI is InChI=1S/C11H15N5.C8H6Cl2O3/c1-8-6-16(7-9(2)15-8)11-13-4-10(3-12)5-14-11;9-5-1-2-7(6(10)3-5)13-4-8(11)12/h4-5,8-9,15H,6-7H2,1-2H3;1-3H,4H2,(H,11,12)/t8-,9-;/m0./s1. The number of anilines is 1. The second kappa shape index (κ2) is 10.8. The van der Waals surface area contributed by atoms with E-state index in [1.807, 2.05) is 6.07 Å². The highest BCUT2D eigenvalue weighted by Crippen LogP contribution is 2.27. The molecule has 2 N–H and O–H groups in total. The number of aliphatic carboxylic acids is 1. The first-order valence-corrected chi connectivity index (χ1v) is 9.57. The van der Waals surface area contributed by atoms with Crippen LogP contribution < -0.4 is 15.0 Å². The summed E-state index contributed by atoms with van der Waals surface area (Å²) in [4.78, 5) is 20.7.